The molecule has 0 bridgehead atoms. The smallest absolute Gasteiger partial charge is 0.419 e. The van der Waals surface area contributed by atoms with E-state index in [0.29, 0.717) is 35.5 Å². The second-order valence-electron chi connectivity index (χ2n) is 6.57. The highest BCUT2D eigenvalue weighted by molar-refractivity contribution is 5.97. The van der Waals surface area contributed by atoms with Crippen molar-refractivity contribution in [2.75, 3.05) is 11.4 Å². The van der Waals surface area contributed by atoms with Gasteiger partial charge in [0.05, 0.1) is 17.7 Å². The third-order valence-corrected chi connectivity index (χ3v) is 4.74. The number of nitrogens with two attached hydrogens (primary N) is 1. The monoisotopic (exact) mass is 381 g/mol. The molecule has 28 heavy (non-hydrogen) atoms. The van der Waals surface area contributed by atoms with Gasteiger partial charge in [0.1, 0.15) is 5.75 Å². The van der Waals surface area contributed by atoms with Gasteiger partial charge in [0.2, 0.25) is 5.91 Å². The Morgan fingerprint density at radius 3 is 2.68 bits per heavy atom. The number of primary amides is 1. The van der Waals surface area contributed by atoms with Crippen molar-refractivity contribution in [3.63, 3.8) is 0 Å². The van der Waals surface area contributed by atoms with Crippen LogP contribution >= 0.6 is 0 Å². The molecule has 8 heteroatoms. The van der Waals surface area contributed by atoms with Crippen LogP contribution in [0.25, 0.3) is 11.1 Å². The van der Waals surface area contributed by atoms with E-state index in [4.69, 9.17) is 14.9 Å². The molecule has 0 saturated heterocycles. The average molecular weight is 381 g/mol. The second-order valence-corrected chi connectivity index (χ2v) is 6.57. The number of hydrogen-bond donors (Lipinski definition) is 1. The number of carbonyl (C=O) groups excluding carboxylic acids is 2. The lowest BCUT2D eigenvalue weighted by Crippen LogP contribution is -2.49. The van der Waals surface area contributed by atoms with Crippen LogP contribution in [0.3, 0.4) is 0 Å². The molecule has 1 atom stereocenters. The Balaban J connectivity index is 1.48. The Morgan fingerprint density at radius 2 is 1.86 bits per heavy atom. The van der Waals surface area contributed by atoms with Crippen molar-refractivity contribution < 1.29 is 18.7 Å². The molecule has 2 N–H and O–H groups in total. The van der Waals surface area contributed by atoms with Crippen molar-refractivity contribution in [3.8, 4) is 5.75 Å². The number of hydrogen-bond acceptors (Lipinski definition) is 5. The van der Waals surface area contributed by atoms with E-state index >= 15 is 0 Å². The molecule has 0 spiro atoms. The highest BCUT2D eigenvalue weighted by Gasteiger charge is 2.32. The molecule has 0 fully saturated rings. The summed E-state index contributed by atoms with van der Waals surface area (Å²) in [5.41, 5.74) is 7.20. The van der Waals surface area contributed by atoms with Gasteiger partial charge in [-0.3, -0.25) is 14.2 Å². The van der Waals surface area contributed by atoms with Gasteiger partial charge in [-0.2, -0.15) is 0 Å². The lowest BCUT2D eigenvalue weighted by molar-refractivity contribution is -0.125. The number of benzene rings is 2. The van der Waals surface area contributed by atoms with E-state index in [2.05, 4.69) is 0 Å². The van der Waals surface area contributed by atoms with Crippen molar-refractivity contribution in [1.29, 1.82) is 0 Å². The van der Waals surface area contributed by atoms with Gasteiger partial charge in [-0.15, -0.1) is 0 Å². The summed E-state index contributed by atoms with van der Waals surface area (Å²) in [7, 11) is 0. The predicted molar refractivity (Wildman–Crippen MR) is 102 cm³/mol. The topological polar surface area (TPSA) is 108 Å². The SMILES string of the molecule is NC(=O)[C@H]1CN(C(=O)CCCn2c(=O)oc3ccccc32)c2ccccc2O1. The minimum atomic E-state index is -0.890. The molecule has 1 aliphatic heterocycles. The number of para-hydroxylation sites is 4. The van der Waals surface area contributed by atoms with Gasteiger partial charge in [0.15, 0.2) is 11.7 Å². The van der Waals surface area contributed by atoms with Gasteiger partial charge in [-0.05, 0) is 30.7 Å². The van der Waals surface area contributed by atoms with Crippen LogP contribution in [0.15, 0.2) is 57.7 Å². The van der Waals surface area contributed by atoms with Crippen molar-refractivity contribution in [2.45, 2.75) is 25.5 Å². The summed E-state index contributed by atoms with van der Waals surface area (Å²) >= 11 is 0. The molecule has 1 aromatic heterocycles. The number of ether oxygens (including phenoxy) is 1. The first-order valence-corrected chi connectivity index (χ1v) is 8.98. The highest BCUT2D eigenvalue weighted by Crippen LogP contribution is 2.33. The Bertz CT molecular complexity index is 1100. The molecular weight excluding hydrogens is 362 g/mol. The first kappa shape index (κ1) is 17.8. The standard InChI is InChI=1S/C20H19N3O5/c21-19(25)17-12-23(14-7-2-3-8-15(14)27-17)18(24)10-5-11-22-13-6-1-4-9-16(13)28-20(22)26/h1-4,6-9,17H,5,10-12H2,(H2,21,25)/t17-/m1/s1. The van der Waals surface area contributed by atoms with E-state index in [0.717, 1.165) is 0 Å². The molecule has 8 nitrogen and oxygen atoms in total. The zero-order chi connectivity index (χ0) is 19.7. The minimum Gasteiger partial charge on any atom is -0.477 e. The van der Waals surface area contributed by atoms with Crippen molar-refractivity contribution in [1.82, 2.24) is 4.57 Å². The van der Waals surface area contributed by atoms with E-state index in [9.17, 15) is 14.4 Å². The lowest BCUT2D eigenvalue weighted by atomic mass is 10.1. The Morgan fingerprint density at radius 1 is 1.11 bits per heavy atom. The Labute approximate surface area is 160 Å². The lowest BCUT2D eigenvalue weighted by Gasteiger charge is -2.33. The number of aryl methyl sites for hydroxylation is 1. The van der Waals surface area contributed by atoms with Crippen LogP contribution in [0.1, 0.15) is 12.8 Å². The predicted octanol–water partition coefficient (Wildman–Crippen LogP) is 1.65. The van der Waals surface area contributed by atoms with Crippen LogP contribution < -0.4 is 21.1 Å². The summed E-state index contributed by atoms with van der Waals surface area (Å²) in [5.74, 6) is -0.784. The van der Waals surface area contributed by atoms with Gasteiger partial charge >= 0.3 is 5.76 Å². The number of nitrogens with zero attached hydrogens (tertiary/aromatic N) is 2. The molecule has 0 radical (unpaired) electrons. The van der Waals surface area contributed by atoms with Gasteiger partial charge < -0.3 is 19.8 Å². The molecule has 2 amide bonds. The van der Waals surface area contributed by atoms with E-state index in [1.54, 1.807) is 42.5 Å². The number of anilines is 1. The summed E-state index contributed by atoms with van der Waals surface area (Å²) in [6.45, 7) is 0.423. The van der Waals surface area contributed by atoms with Crippen molar-refractivity contribution >= 4 is 28.6 Å². The maximum Gasteiger partial charge on any atom is 0.419 e. The maximum atomic E-state index is 12.8. The molecule has 144 valence electrons. The van der Waals surface area contributed by atoms with Crippen LogP contribution in [0, 0.1) is 0 Å². The van der Waals surface area contributed by atoms with E-state index in [1.807, 2.05) is 6.07 Å². The molecule has 1 aliphatic rings. The summed E-state index contributed by atoms with van der Waals surface area (Å²) < 4.78 is 12.3. The quantitative estimate of drug-likeness (QED) is 0.723. The number of aromatic nitrogens is 1. The molecule has 0 aliphatic carbocycles. The molecule has 0 saturated carbocycles. The molecule has 2 heterocycles. The number of fused-ring (bicyclic) bond motifs is 2. The van der Waals surface area contributed by atoms with Gasteiger partial charge in [-0.25, -0.2) is 4.79 Å². The minimum absolute atomic E-state index is 0.0692. The Kier molecular flexibility index (Phi) is 4.60. The van der Waals surface area contributed by atoms with Crippen molar-refractivity contribution in [3.05, 3.63) is 59.1 Å². The van der Waals surface area contributed by atoms with Gasteiger partial charge in [0.25, 0.3) is 5.91 Å². The maximum absolute atomic E-state index is 12.8. The van der Waals surface area contributed by atoms with Crippen LogP contribution in [0.5, 0.6) is 5.75 Å². The summed E-state index contributed by atoms with van der Waals surface area (Å²) in [6.07, 6.45) is -0.242. The molecule has 3 aromatic rings. The summed E-state index contributed by atoms with van der Waals surface area (Å²) in [5, 5.41) is 0. The van der Waals surface area contributed by atoms with E-state index in [1.165, 1.54) is 9.47 Å². The van der Waals surface area contributed by atoms with Crippen LogP contribution in [0.2, 0.25) is 0 Å². The first-order valence-electron chi connectivity index (χ1n) is 8.98. The molecule has 2 aromatic carbocycles. The summed E-state index contributed by atoms with van der Waals surface area (Å²) in [4.78, 5) is 37.9. The van der Waals surface area contributed by atoms with Crippen LogP contribution in [-0.4, -0.2) is 29.0 Å². The summed E-state index contributed by atoms with van der Waals surface area (Å²) in [6, 6.07) is 14.2. The van der Waals surface area contributed by atoms with Gasteiger partial charge in [0, 0.05) is 13.0 Å². The number of carbonyl (C=O) groups is 2. The fourth-order valence-electron chi connectivity index (χ4n) is 3.37. The first-order chi connectivity index (χ1) is 13.5. The third-order valence-electron chi connectivity index (χ3n) is 4.74. The van der Waals surface area contributed by atoms with E-state index < -0.39 is 17.8 Å². The average Bonchev–Trinajstić information content (AvgIpc) is 3.02. The third kappa shape index (κ3) is 3.24. The second kappa shape index (κ2) is 7.22. The molecule has 4 rings (SSSR count). The van der Waals surface area contributed by atoms with Crippen molar-refractivity contribution in [2.24, 2.45) is 5.73 Å². The Hall–Kier alpha value is -3.55. The van der Waals surface area contributed by atoms with E-state index in [-0.39, 0.29) is 18.9 Å². The normalized spacial score (nSPS) is 15.9. The molecule has 0 unspecified atom stereocenters. The zero-order valence-electron chi connectivity index (χ0n) is 15.0. The van der Waals surface area contributed by atoms with Crippen LogP contribution in [0.4, 0.5) is 5.69 Å². The number of oxazole rings is 1. The fourth-order valence-corrected chi connectivity index (χ4v) is 3.37. The number of amides is 2. The number of rotatable bonds is 5. The fraction of sp³-hybridized carbons (Fsp3) is 0.250. The van der Waals surface area contributed by atoms with Gasteiger partial charge in [-0.1, -0.05) is 24.3 Å². The van der Waals surface area contributed by atoms with Crippen LogP contribution in [-0.2, 0) is 16.1 Å². The highest BCUT2D eigenvalue weighted by atomic mass is 16.5. The zero-order valence-corrected chi connectivity index (χ0v) is 15.0. The molecular formula is C20H19N3O5. The largest absolute Gasteiger partial charge is 0.477 e.